The Kier molecular flexibility index (Phi) is 5.23. The summed E-state index contributed by atoms with van der Waals surface area (Å²) in [5.74, 6) is 0.821. The van der Waals surface area contributed by atoms with Gasteiger partial charge in [-0.25, -0.2) is 4.79 Å². The molecule has 0 aliphatic carbocycles. The van der Waals surface area contributed by atoms with Gasteiger partial charge in [0.15, 0.2) is 5.82 Å². The van der Waals surface area contributed by atoms with Gasteiger partial charge >= 0.3 is 6.03 Å². The Labute approximate surface area is 150 Å². The first-order chi connectivity index (χ1) is 12.0. The largest absolute Gasteiger partial charge is 0.360 e. The fourth-order valence-electron chi connectivity index (χ4n) is 2.77. The number of rotatable bonds is 3. The molecule has 3 amide bonds. The summed E-state index contributed by atoms with van der Waals surface area (Å²) in [5, 5.41) is 9.89. The summed E-state index contributed by atoms with van der Waals surface area (Å²) in [6, 6.07) is 8.49. The van der Waals surface area contributed by atoms with Crippen molar-refractivity contribution in [2.75, 3.05) is 23.7 Å². The van der Waals surface area contributed by atoms with Crippen LogP contribution in [0.1, 0.15) is 18.6 Å². The van der Waals surface area contributed by atoms with Gasteiger partial charge in [-0.15, -0.1) is 0 Å². The quantitative estimate of drug-likeness (QED) is 0.874. The van der Waals surface area contributed by atoms with Crippen LogP contribution in [0.5, 0.6) is 0 Å². The number of nitrogens with one attached hydrogen (secondary N) is 2. The van der Waals surface area contributed by atoms with Crippen molar-refractivity contribution in [2.45, 2.75) is 19.8 Å². The van der Waals surface area contributed by atoms with Crippen LogP contribution in [0.3, 0.4) is 0 Å². The highest BCUT2D eigenvalue weighted by atomic mass is 35.5. The van der Waals surface area contributed by atoms with E-state index in [-0.39, 0.29) is 17.9 Å². The molecule has 0 atom stereocenters. The molecule has 0 saturated carbocycles. The normalized spacial score (nSPS) is 15.0. The van der Waals surface area contributed by atoms with Crippen LogP contribution in [-0.2, 0) is 4.79 Å². The maximum absolute atomic E-state index is 12.3. The highest BCUT2D eigenvalue weighted by Crippen LogP contribution is 2.21. The molecule has 1 fully saturated rings. The number of aryl methyl sites for hydroxylation is 1. The van der Waals surface area contributed by atoms with E-state index in [1.807, 2.05) is 0 Å². The number of nitrogens with zero attached hydrogens (tertiary/aromatic N) is 2. The molecular formula is C17H19ClN4O3. The van der Waals surface area contributed by atoms with E-state index in [4.69, 9.17) is 16.1 Å². The molecule has 0 unspecified atom stereocenters. The Morgan fingerprint density at radius 3 is 2.64 bits per heavy atom. The van der Waals surface area contributed by atoms with Gasteiger partial charge in [0.05, 0.1) is 0 Å². The molecule has 8 heteroatoms. The minimum Gasteiger partial charge on any atom is -0.360 e. The highest BCUT2D eigenvalue weighted by molar-refractivity contribution is 6.30. The van der Waals surface area contributed by atoms with Crippen molar-refractivity contribution < 1.29 is 14.1 Å². The van der Waals surface area contributed by atoms with E-state index >= 15 is 0 Å². The van der Waals surface area contributed by atoms with Crippen LogP contribution in [0.2, 0.25) is 5.02 Å². The zero-order chi connectivity index (χ0) is 17.8. The van der Waals surface area contributed by atoms with Crippen molar-refractivity contribution in [2.24, 2.45) is 5.92 Å². The SMILES string of the molecule is Cc1cc(NC(=O)C2CCN(C(=O)Nc3cccc(Cl)c3)CC2)no1. The Bertz CT molecular complexity index is 769. The first-order valence-electron chi connectivity index (χ1n) is 8.07. The van der Waals surface area contributed by atoms with Crippen molar-refractivity contribution in [1.29, 1.82) is 0 Å². The van der Waals surface area contributed by atoms with Crippen LogP contribution in [-0.4, -0.2) is 35.1 Å². The van der Waals surface area contributed by atoms with Crippen molar-refractivity contribution in [3.8, 4) is 0 Å². The van der Waals surface area contributed by atoms with Crippen LogP contribution in [0.15, 0.2) is 34.9 Å². The van der Waals surface area contributed by atoms with Gasteiger partial charge in [0.25, 0.3) is 0 Å². The second kappa shape index (κ2) is 7.57. The van der Waals surface area contributed by atoms with Gasteiger partial charge in [0.1, 0.15) is 5.76 Å². The standard InChI is InChI=1S/C17H19ClN4O3/c1-11-9-15(21-25-11)20-16(23)12-5-7-22(8-6-12)17(24)19-14-4-2-3-13(18)10-14/h2-4,9-10,12H,5-8H2,1H3,(H,19,24)(H,20,21,23). The maximum Gasteiger partial charge on any atom is 0.321 e. The van der Waals surface area contributed by atoms with Crippen LogP contribution in [0.25, 0.3) is 0 Å². The third-order valence-electron chi connectivity index (χ3n) is 4.11. The molecule has 2 aromatic rings. The number of likely N-dealkylation sites (tertiary alicyclic amines) is 1. The fourth-order valence-corrected chi connectivity index (χ4v) is 2.96. The van der Waals surface area contributed by atoms with Gasteiger partial charge in [0, 0.05) is 35.8 Å². The topological polar surface area (TPSA) is 87.5 Å². The lowest BCUT2D eigenvalue weighted by molar-refractivity contribution is -0.121. The average molecular weight is 363 g/mol. The number of urea groups is 1. The minimum atomic E-state index is -0.187. The molecule has 1 aliphatic rings. The average Bonchev–Trinajstić information content (AvgIpc) is 3.00. The zero-order valence-electron chi connectivity index (χ0n) is 13.8. The molecule has 0 spiro atoms. The van der Waals surface area contributed by atoms with Crippen molar-refractivity contribution in [3.63, 3.8) is 0 Å². The van der Waals surface area contributed by atoms with E-state index < -0.39 is 0 Å². The van der Waals surface area contributed by atoms with E-state index in [9.17, 15) is 9.59 Å². The predicted octanol–water partition coefficient (Wildman–Crippen LogP) is 3.52. The molecule has 7 nitrogen and oxygen atoms in total. The molecule has 1 aromatic carbocycles. The van der Waals surface area contributed by atoms with Crippen molar-refractivity contribution in [3.05, 3.63) is 41.1 Å². The molecule has 3 rings (SSSR count). The third kappa shape index (κ3) is 4.51. The van der Waals surface area contributed by atoms with Gasteiger partial charge in [-0.3, -0.25) is 4.79 Å². The summed E-state index contributed by atoms with van der Waals surface area (Å²) in [6.45, 7) is 2.80. The first-order valence-corrected chi connectivity index (χ1v) is 8.45. The van der Waals surface area contributed by atoms with Crippen LogP contribution in [0.4, 0.5) is 16.3 Å². The summed E-state index contributed by atoms with van der Waals surface area (Å²) in [5.41, 5.74) is 0.652. The lowest BCUT2D eigenvalue weighted by Crippen LogP contribution is -2.43. The number of benzene rings is 1. The third-order valence-corrected chi connectivity index (χ3v) is 4.34. The Hall–Kier alpha value is -2.54. The van der Waals surface area contributed by atoms with Crippen LogP contribution in [0, 0.1) is 12.8 Å². The Morgan fingerprint density at radius 2 is 2.00 bits per heavy atom. The minimum absolute atomic E-state index is 0.0943. The molecular weight excluding hydrogens is 344 g/mol. The van der Waals surface area contributed by atoms with Gasteiger partial charge < -0.3 is 20.1 Å². The van der Waals surface area contributed by atoms with Crippen molar-refractivity contribution in [1.82, 2.24) is 10.1 Å². The number of hydrogen-bond acceptors (Lipinski definition) is 4. The molecule has 132 valence electrons. The Balaban J connectivity index is 1.49. The van der Waals surface area contributed by atoms with Gasteiger partial charge in [-0.05, 0) is 38.0 Å². The molecule has 1 saturated heterocycles. The molecule has 25 heavy (non-hydrogen) atoms. The lowest BCUT2D eigenvalue weighted by atomic mass is 9.96. The number of amides is 3. The molecule has 1 aromatic heterocycles. The number of aromatic nitrogens is 1. The maximum atomic E-state index is 12.3. The summed E-state index contributed by atoms with van der Waals surface area (Å²) in [6.07, 6.45) is 1.21. The number of carbonyl (C=O) groups excluding carboxylic acids is 2. The second-order valence-electron chi connectivity index (χ2n) is 6.01. The summed E-state index contributed by atoms with van der Waals surface area (Å²) >= 11 is 5.91. The molecule has 0 radical (unpaired) electrons. The van der Waals surface area contributed by atoms with Gasteiger partial charge in [-0.1, -0.05) is 22.8 Å². The molecule has 1 aliphatic heterocycles. The number of carbonyl (C=O) groups is 2. The number of halogens is 1. The lowest BCUT2D eigenvalue weighted by Gasteiger charge is -2.31. The summed E-state index contributed by atoms with van der Waals surface area (Å²) < 4.78 is 4.93. The fraction of sp³-hybridized carbons (Fsp3) is 0.353. The van der Waals surface area contributed by atoms with E-state index in [1.54, 1.807) is 42.2 Å². The summed E-state index contributed by atoms with van der Waals surface area (Å²) in [7, 11) is 0. The summed E-state index contributed by atoms with van der Waals surface area (Å²) in [4.78, 5) is 26.3. The zero-order valence-corrected chi connectivity index (χ0v) is 14.5. The second-order valence-corrected chi connectivity index (χ2v) is 6.45. The Morgan fingerprint density at radius 1 is 1.24 bits per heavy atom. The molecule has 2 heterocycles. The molecule has 2 N–H and O–H groups in total. The predicted molar refractivity (Wildman–Crippen MR) is 94.6 cm³/mol. The van der Waals surface area contributed by atoms with Crippen LogP contribution < -0.4 is 10.6 Å². The van der Waals surface area contributed by atoms with E-state index in [1.165, 1.54) is 0 Å². The van der Waals surface area contributed by atoms with Crippen molar-refractivity contribution >= 4 is 35.0 Å². The molecule has 0 bridgehead atoms. The van der Waals surface area contributed by atoms with E-state index in [0.717, 1.165) is 0 Å². The highest BCUT2D eigenvalue weighted by Gasteiger charge is 2.27. The van der Waals surface area contributed by atoms with Gasteiger partial charge in [0.2, 0.25) is 5.91 Å². The smallest absolute Gasteiger partial charge is 0.321 e. The first kappa shape index (κ1) is 17.3. The number of hydrogen-bond donors (Lipinski definition) is 2. The monoisotopic (exact) mass is 362 g/mol. The van der Waals surface area contributed by atoms with E-state index in [0.29, 0.717) is 48.2 Å². The van der Waals surface area contributed by atoms with Crippen LogP contribution >= 0.6 is 11.6 Å². The van der Waals surface area contributed by atoms with Gasteiger partial charge in [-0.2, -0.15) is 0 Å². The number of piperidine rings is 1. The number of anilines is 2. The van der Waals surface area contributed by atoms with E-state index in [2.05, 4.69) is 15.8 Å².